The number of hydrogen-bond donors (Lipinski definition) is 2. The minimum absolute atomic E-state index is 0.0351. The molecule has 0 aliphatic heterocycles. The van der Waals surface area contributed by atoms with E-state index in [9.17, 15) is 10.1 Å². The summed E-state index contributed by atoms with van der Waals surface area (Å²) >= 11 is 0. The van der Waals surface area contributed by atoms with Crippen LogP contribution in [0.25, 0.3) is 22.2 Å². The summed E-state index contributed by atoms with van der Waals surface area (Å²) in [5, 5.41) is 13.0. The molecule has 0 radical (unpaired) electrons. The first-order valence-corrected chi connectivity index (χ1v) is 7.95. The maximum atomic E-state index is 12.3. The van der Waals surface area contributed by atoms with Crippen LogP contribution < -0.4 is 5.32 Å². The Labute approximate surface area is 139 Å². The summed E-state index contributed by atoms with van der Waals surface area (Å²) in [6, 6.07) is 10.1. The number of amides is 1. The molecule has 0 unspecified atom stereocenters. The van der Waals surface area contributed by atoms with Gasteiger partial charge in [-0.05, 0) is 49.1 Å². The number of aromatic nitrogens is 2. The number of nitrogens with zero attached hydrogens (tertiary/aromatic N) is 2. The number of fused-ring (bicyclic) bond motifs is 1. The molecule has 118 valence electrons. The van der Waals surface area contributed by atoms with Gasteiger partial charge in [-0.3, -0.25) is 4.79 Å². The number of H-pyrrole nitrogens is 1. The fourth-order valence-corrected chi connectivity index (χ4v) is 2.81. The highest BCUT2D eigenvalue weighted by atomic mass is 16.1. The summed E-state index contributed by atoms with van der Waals surface area (Å²) < 4.78 is 0. The zero-order chi connectivity index (χ0) is 16.7. The van der Waals surface area contributed by atoms with E-state index in [0.717, 1.165) is 34.9 Å². The number of pyridine rings is 1. The van der Waals surface area contributed by atoms with Crippen molar-refractivity contribution in [2.75, 3.05) is 0 Å². The van der Waals surface area contributed by atoms with Gasteiger partial charge in [0.25, 0.3) is 5.91 Å². The van der Waals surface area contributed by atoms with E-state index >= 15 is 0 Å². The van der Waals surface area contributed by atoms with Gasteiger partial charge in [0.2, 0.25) is 0 Å². The molecular formula is C19H16N4O. The smallest absolute Gasteiger partial charge is 0.251 e. The standard InChI is InChI=1S/C19H16N4O/c1-11-2-3-12(19(24)23-15-4-5-15)6-16(11)13-7-17-14(8-20)10-22-18(17)21-9-13/h2-3,6-7,9-10,15H,4-5H2,1H3,(H,21,22)(H,23,24). The quantitative estimate of drug-likeness (QED) is 0.778. The molecule has 1 fully saturated rings. The van der Waals surface area contributed by atoms with Crippen LogP contribution in [0.2, 0.25) is 0 Å². The molecule has 2 N–H and O–H groups in total. The van der Waals surface area contributed by atoms with E-state index in [-0.39, 0.29) is 5.91 Å². The fourth-order valence-electron chi connectivity index (χ4n) is 2.81. The maximum absolute atomic E-state index is 12.3. The van der Waals surface area contributed by atoms with Crippen LogP contribution in [0.15, 0.2) is 36.7 Å². The van der Waals surface area contributed by atoms with E-state index in [0.29, 0.717) is 22.8 Å². The number of aryl methyl sites for hydroxylation is 1. The minimum atomic E-state index is -0.0351. The van der Waals surface area contributed by atoms with Crippen LogP contribution in [0.1, 0.15) is 34.3 Å². The Morgan fingerprint density at radius 1 is 1.38 bits per heavy atom. The van der Waals surface area contributed by atoms with Gasteiger partial charge in [0.15, 0.2) is 0 Å². The normalized spacial score (nSPS) is 13.7. The van der Waals surface area contributed by atoms with Crippen LogP contribution >= 0.6 is 0 Å². The molecule has 1 aliphatic rings. The van der Waals surface area contributed by atoms with Crippen molar-refractivity contribution in [3.8, 4) is 17.2 Å². The molecule has 0 saturated heterocycles. The molecule has 2 heterocycles. The molecule has 5 nitrogen and oxygen atoms in total. The fraction of sp³-hybridized carbons (Fsp3) is 0.211. The summed E-state index contributed by atoms with van der Waals surface area (Å²) in [7, 11) is 0. The van der Waals surface area contributed by atoms with Gasteiger partial charge in [-0.1, -0.05) is 6.07 Å². The molecular weight excluding hydrogens is 300 g/mol. The van der Waals surface area contributed by atoms with E-state index in [1.165, 1.54) is 0 Å². The Kier molecular flexibility index (Phi) is 3.31. The predicted molar refractivity (Wildman–Crippen MR) is 91.5 cm³/mol. The molecule has 3 aromatic rings. The Morgan fingerprint density at radius 2 is 2.21 bits per heavy atom. The summed E-state index contributed by atoms with van der Waals surface area (Å²) in [5.41, 5.74) is 4.83. The lowest BCUT2D eigenvalue weighted by Gasteiger charge is -2.10. The molecule has 2 aromatic heterocycles. The summed E-state index contributed by atoms with van der Waals surface area (Å²) in [5.74, 6) is -0.0351. The van der Waals surface area contributed by atoms with Gasteiger partial charge in [-0.15, -0.1) is 0 Å². The number of carbonyl (C=O) groups is 1. The lowest BCUT2D eigenvalue weighted by molar-refractivity contribution is 0.0951. The zero-order valence-electron chi connectivity index (χ0n) is 13.3. The number of rotatable bonds is 3. The van der Waals surface area contributed by atoms with Crippen molar-refractivity contribution in [1.82, 2.24) is 15.3 Å². The molecule has 1 aromatic carbocycles. The van der Waals surface area contributed by atoms with Crippen molar-refractivity contribution in [3.05, 3.63) is 53.3 Å². The van der Waals surface area contributed by atoms with Crippen molar-refractivity contribution in [2.45, 2.75) is 25.8 Å². The number of hydrogen-bond acceptors (Lipinski definition) is 3. The van der Waals surface area contributed by atoms with Crippen LogP contribution in [-0.2, 0) is 0 Å². The third kappa shape index (κ3) is 2.52. The van der Waals surface area contributed by atoms with Crippen LogP contribution in [0, 0.1) is 18.3 Å². The van der Waals surface area contributed by atoms with Gasteiger partial charge in [-0.2, -0.15) is 5.26 Å². The number of nitrogens with one attached hydrogen (secondary N) is 2. The second kappa shape index (κ2) is 5.50. The van der Waals surface area contributed by atoms with Gasteiger partial charge in [0, 0.05) is 34.9 Å². The topological polar surface area (TPSA) is 81.6 Å². The zero-order valence-corrected chi connectivity index (χ0v) is 13.3. The third-order valence-corrected chi connectivity index (χ3v) is 4.37. The van der Waals surface area contributed by atoms with E-state index in [2.05, 4.69) is 21.4 Å². The molecule has 0 atom stereocenters. The summed E-state index contributed by atoms with van der Waals surface area (Å²) in [6.45, 7) is 2.00. The van der Waals surface area contributed by atoms with Gasteiger partial charge in [0.1, 0.15) is 11.7 Å². The first-order valence-electron chi connectivity index (χ1n) is 7.95. The SMILES string of the molecule is Cc1ccc(C(=O)NC2CC2)cc1-c1cnc2[nH]cc(C#N)c2c1. The second-order valence-corrected chi connectivity index (χ2v) is 6.21. The van der Waals surface area contributed by atoms with E-state index < -0.39 is 0 Å². The molecule has 1 aliphatic carbocycles. The Hall–Kier alpha value is -3.13. The maximum Gasteiger partial charge on any atom is 0.251 e. The van der Waals surface area contributed by atoms with E-state index in [4.69, 9.17) is 0 Å². The largest absolute Gasteiger partial charge is 0.349 e. The van der Waals surface area contributed by atoms with Gasteiger partial charge < -0.3 is 10.3 Å². The molecule has 5 heteroatoms. The van der Waals surface area contributed by atoms with Crippen molar-refractivity contribution >= 4 is 16.9 Å². The second-order valence-electron chi connectivity index (χ2n) is 6.21. The number of carbonyl (C=O) groups excluding carboxylic acids is 1. The highest BCUT2D eigenvalue weighted by molar-refractivity contribution is 5.96. The van der Waals surface area contributed by atoms with Gasteiger partial charge in [0.05, 0.1) is 5.56 Å². The molecule has 4 rings (SSSR count). The first-order chi connectivity index (χ1) is 11.7. The van der Waals surface area contributed by atoms with Crippen LogP contribution in [0.5, 0.6) is 0 Å². The molecule has 1 saturated carbocycles. The van der Waals surface area contributed by atoms with E-state index in [1.54, 1.807) is 12.4 Å². The third-order valence-electron chi connectivity index (χ3n) is 4.37. The number of nitriles is 1. The van der Waals surface area contributed by atoms with Gasteiger partial charge >= 0.3 is 0 Å². The number of benzene rings is 1. The van der Waals surface area contributed by atoms with Crippen molar-refractivity contribution in [1.29, 1.82) is 5.26 Å². The van der Waals surface area contributed by atoms with Crippen LogP contribution in [0.4, 0.5) is 0 Å². The summed E-state index contributed by atoms with van der Waals surface area (Å²) in [6.07, 6.45) is 5.56. The minimum Gasteiger partial charge on any atom is -0.349 e. The molecule has 24 heavy (non-hydrogen) atoms. The predicted octanol–water partition coefficient (Wildman–Crippen LogP) is 3.30. The van der Waals surface area contributed by atoms with Crippen molar-refractivity contribution in [3.63, 3.8) is 0 Å². The first kappa shape index (κ1) is 14.5. The highest BCUT2D eigenvalue weighted by Crippen LogP contribution is 2.28. The average Bonchev–Trinajstić information content (AvgIpc) is 3.31. The highest BCUT2D eigenvalue weighted by Gasteiger charge is 2.24. The monoisotopic (exact) mass is 316 g/mol. The van der Waals surface area contributed by atoms with Crippen molar-refractivity contribution < 1.29 is 4.79 Å². The van der Waals surface area contributed by atoms with Crippen molar-refractivity contribution in [2.24, 2.45) is 0 Å². The van der Waals surface area contributed by atoms with Gasteiger partial charge in [-0.25, -0.2) is 4.98 Å². The lowest BCUT2D eigenvalue weighted by Crippen LogP contribution is -2.25. The van der Waals surface area contributed by atoms with E-state index in [1.807, 2.05) is 31.2 Å². The number of aromatic amines is 1. The Bertz CT molecular complexity index is 992. The molecule has 0 bridgehead atoms. The lowest BCUT2D eigenvalue weighted by atomic mass is 9.98. The molecule has 1 amide bonds. The Balaban J connectivity index is 1.77. The average molecular weight is 316 g/mol. The molecule has 0 spiro atoms. The Morgan fingerprint density at radius 3 is 2.96 bits per heavy atom. The summed E-state index contributed by atoms with van der Waals surface area (Å²) in [4.78, 5) is 19.7. The van der Waals surface area contributed by atoms with Crippen LogP contribution in [0.3, 0.4) is 0 Å². The van der Waals surface area contributed by atoms with Crippen LogP contribution in [-0.4, -0.2) is 21.9 Å².